The number of para-hydroxylation sites is 1. The molecule has 2 fully saturated rings. The van der Waals surface area contributed by atoms with Crippen molar-refractivity contribution in [1.29, 1.82) is 0 Å². The van der Waals surface area contributed by atoms with Crippen LogP contribution in [0.3, 0.4) is 0 Å². The first-order valence-electron chi connectivity index (χ1n) is 9.37. The molecule has 2 aromatic rings. The Hall–Kier alpha value is -2.63. The highest BCUT2D eigenvalue weighted by Gasteiger charge is 2.47. The summed E-state index contributed by atoms with van der Waals surface area (Å²) in [5.74, 6) is 0.580. The average molecular weight is 368 g/mol. The maximum atomic E-state index is 14.1. The van der Waals surface area contributed by atoms with Crippen LogP contribution in [0.15, 0.2) is 30.8 Å². The topological polar surface area (TPSA) is 50.3 Å². The third-order valence-electron chi connectivity index (χ3n) is 5.63. The number of aryl methyl sites for hydroxylation is 2. The van der Waals surface area contributed by atoms with E-state index >= 15 is 0 Å². The number of aromatic nitrogens is 2. The Morgan fingerprint density at radius 2 is 2.00 bits per heavy atom. The average Bonchev–Trinajstić information content (AvgIpc) is 3.17. The second-order valence-electron chi connectivity index (χ2n) is 7.43. The lowest BCUT2D eigenvalue weighted by molar-refractivity contribution is 0.361. The smallest absolute Gasteiger partial charge is 0.223 e. The van der Waals surface area contributed by atoms with Crippen molar-refractivity contribution in [2.24, 2.45) is 0 Å². The third-order valence-corrected chi connectivity index (χ3v) is 5.63. The minimum Gasteiger partial charge on any atom is -0.493 e. The van der Waals surface area contributed by atoms with Crippen LogP contribution in [0.1, 0.15) is 36.2 Å². The van der Waals surface area contributed by atoms with Crippen molar-refractivity contribution in [3.05, 3.63) is 53.6 Å². The monoisotopic (exact) mass is 368 g/mol. The lowest BCUT2D eigenvalue weighted by atomic mass is 9.96. The molecule has 0 radical (unpaired) electrons. The SMILES string of the molecule is C=C(c1cccc(F)c1OC)N1C2CCC1C(Nc1nc(C)cc(C)n1)C2. The van der Waals surface area contributed by atoms with Crippen molar-refractivity contribution in [3.63, 3.8) is 0 Å². The van der Waals surface area contributed by atoms with E-state index in [2.05, 4.69) is 26.8 Å². The number of rotatable bonds is 5. The summed E-state index contributed by atoms with van der Waals surface area (Å²) in [6.45, 7) is 8.24. The molecule has 0 amide bonds. The number of anilines is 1. The fourth-order valence-corrected chi connectivity index (χ4v) is 4.60. The van der Waals surface area contributed by atoms with Gasteiger partial charge in [-0.1, -0.05) is 12.6 Å². The molecule has 4 rings (SSSR count). The van der Waals surface area contributed by atoms with Crippen molar-refractivity contribution < 1.29 is 9.13 Å². The van der Waals surface area contributed by atoms with Gasteiger partial charge >= 0.3 is 0 Å². The summed E-state index contributed by atoms with van der Waals surface area (Å²) in [7, 11) is 1.50. The third kappa shape index (κ3) is 3.13. The van der Waals surface area contributed by atoms with E-state index in [9.17, 15) is 4.39 Å². The Balaban J connectivity index is 1.57. The molecule has 1 N–H and O–H groups in total. The Morgan fingerprint density at radius 1 is 1.26 bits per heavy atom. The lowest BCUT2D eigenvalue weighted by Crippen LogP contribution is -2.36. The van der Waals surface area contributed by atoms with Gasteiger partial charge in [-0.3, -0.25) is 0 Å². The molecular formula is C21H25FN4O. The van der Waals surface area contributed by atoms with Crippen molar-refractivity contribution in [2.75, 3.05) is 12.4 Å². The van der Waals surface area contributed by atoms with E-state index in [4.69, 9.17) is 4.74 Å². The van der Waals surface area contributed by atoms with Gasteiger partial charge in [0.15, 0.2) is 11.6 Å². The summed E-state index contributed by atoms with van der Waals surface area (Å²) in [6, 6.07) is 7.89. The molecule has 3 atom stereocenters. The number of ether oxygens (including phenoxy) is 1. The fraction of sp³-hybridized carbons (Fsp3) is 0.429. The molecule has 3 unspecified atom stereocenters. The number of hydrogen-bond donors (Lipinski definition) is 1. The molecule has 2 aliphatic heterocycles. The van der Waals surface area contributed by atoms with E-state index < -0.39 is 0 Å². The molecule has 6 heteroatoms. The molecule has 1 aromatic heterocycles. The maximum absolute atomic E-state index is 14.1. The molecule has 0 spiro atoms. The van der Waals surface area contributed by atoms with Crippen molar-refractivity contribution in [2.45, 2.75) is 51.2 Å². The largest absolute Gasteiger partial charge is 0.493 e. The quantitative estimate of drug-likeness (QED) is 0.867. The highest BCUT2D eigenvalue weighted by Crippen LogP contribution is 2.45. The van der Waals surface area contributed by atoms with Crippen LogP contribution in [0, 0.1) is 19.7 Å². The number of benzene rings is 1. The molecule has 3 heterocycles. The van der Waals surface area contributed by atoms with Crippen LogP contribution < -0.4 is 10.1 Å². The highest BCUT2D eigenvalue weighted by molar-refractivity contribution is 5.69. The Labute approximate surface area is 159 Å². The molecule has 0 aliphatic carbocycles. The van der Waals surface area contributed by atoms with Crippen LogP contribution >= 0.6 is 0 Å². The van der Waals surface area contributed by atoms with Crippen LogP contribution in [0.25, 0.3) is 5.70 Å². The first-order valence-corrected chi connectivity index (χ1v) is 9.37. The normalized spacial score (nSPS) is 23.6. The lowest BCUT2D eigenvalue weighted by Gasteiger charge is -2.29. The first kappa shape index (κ1) is 17.8. The number of nitrogens with one attached hydrogen (secondary N) is 1. The Bertz CT molecular complexity index is 864. The first-order chi connectivity index (χ1) is 13.0. The highest BCUT2D eigenvalue weighted by atomic mass is 19.1. The number of halogens is 1. The zero-order chi connectivity index (χ0) is 19.1. The van der Waals surface area contributed by atoms with Crippen LogP contribution in [0.4, 0.5) is 10.3 Å². The van der Waals surface area contributed by atoms with Gasteiger partial charge in [-0.05, 0) is 51.3 Å². The van der Waals surface area contributed by atoms with Gasteiger partial charge in [-0.2, -0.15) is 0 Å². The molecule has 1 aromatic carbocycles. The fourth-order valence-electron chi connectivity index (χ4n) is 4.60. The second-order valence-corrected chi connectivity index (χ2v) is 7.43. The Morgan fingerprint density at radius 3 is 2.70 bits per heavy atom. The standard InChI is InChI=1S/C21H25FN4O/c1-12-10-13(2)24-21(23-12)25-18-11-15-8-9-19(18)26(15)14(3)16-6-5-7-17(22)20(16)27-4/h5-7,10,15,18-19H,3,8-9,11H2,1-2,4H3,(H,23,24,25). The number of fused-ring (bicyclic) bond motifs is 2. The van der Waals surface area contributed by atoms with E-state index in [1.54, 1.807) is 6.07 Å². The predicted molar refractivity (Wildman–Crippen MR) is 104 cm³/mol. The number of hydrogen-bond acceptors (Lipinski definition) is 5. The van der Waals surface area contributed by atoms with E-state index in [-0.39, 0.29) is 17.6 Å². The molecular weight excluding hydrogens is 343 g/mol. The van der Waals surface area contributed by atoms with E-state index in [1.807, 2.05) is 26.0 Å². The molecule has 2 bridgehead atoms. The van der Waals surface area contributed by atoms with Crippen LogP contribution in [0.2, 0.25) is 0 Å². The van der Waals surface area contributed by atoms with Gasteiger partial charge in [0.2, 0.25) is 5.95 Å². The number of nitrogens with zero attached hydrogens (tertiary/aromatic N) is 3. The van der Waals surface area contributed by atoms with Gasteiger partial charge in [0.05, 0.1) is 13.2 Å². The van der Waals surface area contributed by atoms with Gasteiger partial charge in [0.1, 0.15) is 0 Å². The summed E-state index contributed by atoms with van der Waals surface area (Å²) >= 11 is 0. The van der Waals surface area contributed by atoms with E-state index in [0.29, 0.717) is 18.0 Å². The predicted octanol–water partition coefficient (Wildman–Crippen LogP) is 3.93. The van der Waals surface area contributed by atoms with E-state index in [0.717, 1.165) is 41.9 Å². The minimum absolute atomic E-state index is 0.251. The van der Waals surface area contributed by atoms with Crippen LogP contribution in [-0.2, 0) is 0 Å². The minimum atomic E-state index is -0.360. The molecule has 0 saturated carbocycles. The molecule has 5 nitrogen and oxygen atoms in total. The van der Waals surface area contributed by atoms with Crippen LogP contribution in [-0.4, -0.2) is 40.1 Å². The summed E-state index contributed by atoms with van der Waals surface area (Å²) < 4.78 is 19.4. The van der Waals surface area contributed by atoms with Gasteiger partial charge < -0.3 is 15.0 Å². The zero-order valence-electron chi connectivity index (χ0n) is 16.0. The summed E-state index contributed by atoms with van der Waals surface area (Å²) in [4.78, 5) is 11.4. The molecule has 2 aliphatic rings. The maximum Gasteiger partial charge on any atom is 0.223 e. The van der Waals surface area contributed by atoms with E-state index in [1.165, 1.54) is 13.2 Å². The summed E-state index contributed by atoms with van der Waals surface area (Å²) in [6.07, 6.45) is 3.19. The van der Waals surface area contributed by atoms with Crippen molar-refractivity contribution in [3.8, 4) is 5.75 Å². The molecule has 2 saturated heterocycles. The van der Waals surface area contributed by atoms with Gasteiger partial charge in [-0.15, -0.1) is 0 Å². The zero-order valence-corrected chi connectivity index (χ0v) is 16.0. The van der Waals surface area contributed by atoms with Gasteiger partial charge in [0.25, 0.3) is 0 Å². The van der Waals surface area contributed by atoms with Crippen LogP contribution in [0.5, 0.6) is 5.75 Å². The Kier molecular flexibility index (Phi) is 4.50. The van der Waals surface area contributed by atoms with Crippen molar-refractivity contribution in [1.82, 2.24) is 14.9 Å². The summed E-state index contributed by atoms with van der Waals surface area (Å²) in [5, 5.41) is 3.52. The molecule has 27 heavy (non-hydrogen) atoms. The van der Waals surface area contributed by atoms with Gasteiger partial charge in [0, 0.05) is 34.7 Å². The summed E-state index contributed by atoms with van der Waals surface area (Å²) in [5.41, 5.74) is 3.46. The van der Waals surface area contributed by atoms with Crippen molar-refractivity contribution >= 4 is 11.6 Å². The second kappa shape index (κ2) is 6.83. The van der Waals surface area contributed by atoms with Gasteiger partial charge in [-0.25, -0.2) is 14.4 Å². The number of methoxy groups -OCH3 is 1. The molecule has 142 valence electrons.